The highest BCUT2D eigenvalue weighted by Crippen LogP contribution is 2.31. The van der Waals surface area contributed by atoms with E-state index in [2.05, 4.69) is 10.2 Å². The van der Waals surface area contributed by atoms with Gasteiger partial charge >= 0.3 is 0 Å². The Hall–Kier alpha value is -2.13. The second-order valence-corrected chi connectivity index (χ2v) is 9.20. The molecule has 162 valence electrons. The molecule has 1 saturated heterocycles. The van der Waals surface area contributed by atoms with Crippen LogP contribution in [0.15, 0.2) is 47.4 Å². The Balaban J connectivity index is 1.99. The van der Waals surface area contributed by atoms with Crippen molar-refractivity contribution >= 4 is 38.9 Å². The second-order valence-electron chi connectivity index (χ2n) is 6.83. The van der Waals surface area contributed by atoms with Crippen molar-refractivity contribution in [3.63, 3.8) is 0 Å². The molecule has 1 N–H and O–H groups in total. The number of hydrogen-bond acceptors (Lipinski definition) is 5. The Morgan fingerprint density at radius 2 is 1.73 bits per heavy atom. The first-order valence-corrected chi connectivity index (χ1v) is 11.7. The summed E-state index contributed by atoms with van der Waals surface area (Å²) in [5.74, 6) is -0.335. The minimum Gasteiger partial charge on any atom is -0.378 e. The highest BCUT2D eigenvalue weighted by atomic mass is 35.5. The molecule has 1 heterocycles. The van der Waals surface area contributed by atoms with Crippen LogP contribution in [-0.2, 0) is 14.8 Å². The van der Waals surface area contributed by atoms with Crippen LogP contribution >= 0.6 is 11.6 Å². The number of carbonyl (C=O) groups is 1. The van der Waals surface area contributed by atoms with E-state index in [9.17, 15) is 13.2 Å². The van der Waals surface area contributed by atoms with Gasteiger partial charge in [0.05, 0.1) is 29.5 Å². The third kappa shape index (κ3) is 4.95. The Bertz CT molecular complexity index is 986. The van der Waals surface area contributed by atoms with Gasteiger partial charge in [-0.1, -0.05) is 25.4 Å². The largest absolute Gasteiger partial charge is 0.378 e. The predicted molar refractivity (Wildman–Crippen MR) is 119 cm³/mol. The number of hydrogen-bond donors (Lipinski definition) is 1. The van der Waals surface area contributed by atoms with Crippen LogP contribution in [0.4, 0.5) is 11.4 Å². The van der Waals surface area contributed by atoms with Gasteiger partial charge in [0.25, 0.3) is 5.91 Å². The molecule has 2 aromatic carbocycles. The van der Waals surface area contributed by atoms with Gasteiger partial charge in [-0.15, -0.1) is 0 Å². The van der Waals surface area contributed by atoms with Crippen molar-refractivity contribution in [3.8, 4) is 0 Å². The molecule has 3 rings (SSSR count). The van der Waals surface area contributed by atoms with Gasteiger partial charge in [0.15, 0.2) is 0 Å². The molecule has 0 atom stereocenters. The van der Waals surface area contributed by atoms with Crippen LogP contribution in [0, 0.1) is 0 Å². The number of morpholine rings is 1. The molecule has 0 aromatic heterocycles. The van der Waals surface area contributed by atoms with Crippen LogP contribution in [0.25, 0.3) is 0 Å². The van der Waals surface area contributed by atoms with Crippen LogP contribution in [-0.4, -0.2) is 58.0 Å². The number of sulfonamides is 1. The zero-order valence-corrected chi connectivity index (χ0v) is 18.7. The van der Waals surface area contributed by atoms with Gasteiger partial charge in [-0.2, -0.15) is 4.31 Å². The number of nitrogens with one attached hydrogen (secondary N) is 1. The Morgan fingerprint density at radius 3 is 2.33 bits per heavy atom. The van der Waals surface area contributed by atoms with E-state index in [1.54, 1.807) is 50.2 Å². The van der Waals surface area contributed by atoms with Gasteiger partial charge in [0, 0.05) is 36.8 Å². The summed E-state index contributed by atoms with van der Waals surface area (Å²) in [5, 5.41) is 3.42. The molecule has 9 heteroatoms. The highest BCUT2D eigenvalue weighted by Gasteiger charge is 2.25. The van der Waals surface area contributed by atoms with Gasteiger partial charge in [-0.25, -0.2) is 8.42 Å². The van der Waals surface area contributed by atoms with E-state index < -0.39 is 10.0 Å². The Labute approximate surface area is 182 Å². The smallest absolute Gasteiger partial charge is 0.255 e. The van der Waals surface area contributed by atoms with E-state index >= 15 is 0 Å². The number of nitrogens with zero attached hydrogens (tertiary/aromatic N) is 2. The molecule has 7 nitrogen and oxygen atoms in total. The van der Waals surface area contributed by atoms with E-state index in [4.69, 9.17) is 16.3 Å². The first-order chi connectivity index (χ1) is 14.4. The van der Waals surface area contributed by atoms with Crippen LogP contribution in [0.5, 0.6) is 0 Å². The molecular formula is C21H26ClN3O4S. The van der Waals surface area contributed by atoms with E-state index in [1.165, 1.54) is 10.4 Å². The first kappa shape index (κ1) is 22.6. The second kappa shape index (κ2) is 9.78. The number of ether oxygens (including phenoxy) is 1. The zero-order chi connectivity index (χ0) is 21.7. The van der Waals surface area contributed by atoms with Gasteiger partial charge < -0.3 is 15.0 Å². The predicted octanol–water partition coefficient (Wildman–Crippen LogP) is 3.46. The van der Waals surface area contributed by atoms with E-state index in [1.807, 2.05) is 0 Å². The lowest BCUT2D eigenvalue weighted by Gasteiger charge is -2.31. The van der Waals surface area contributed by atoms with Gasteiger partial charge in [-0.05, 0) is 42.5 Å². The average molecular weight is 452 g/mol. The number of carbonyl (C=O) groups excluding carboxylic acids is 1. The molecule has 0 unspecified atom stereocenters. The van der Waals surface area contributed by atoms with Crippen LogP contribution in [0.3, 0.4) is 0 Å². The summed E-state index contributed by atoms with van der Waals surface area (Å²) < 4.78 is 32.8. The monoisotopic (exact) mass is 451 g/mol. The molecule has 0 aliphatic carbocycles. The van der Waals surface area contributed by atoms with Crippen molar-refractivity contribution < 1.29 is 17.9 Å². The SMILES string of the molecule is CCN(CC)S(=O)(=O)c1ccc(N2CCOCC2)c(NC(=O)c2ccc(Cl)cc2)c1. The normalized spacial score (nSPS) is 14.7. The van der Waals surface area contributed by atoms with Crippen LogP contribution in [0.2, 0.25) is 5.02 Å². The molecule has 2 aromatic rings. The minimum absolute atomic E-state index is 0.148. The summed E-state index contributed by atoms with van der Waals surface area (Å²) >= 11 is 5.91. The average Bonchev–Trinajstić information content (AvgIpc) is 2.75. The third-order valence-corrected chi connectivity index (χ3v) is 7.32. The number of benzene rings is 2. The fourth-order valence-electron chi connectivity index (χ4n) is 3.36. The molecule has 0 radical (unpaired) electrons. The summed E-state index contributed by atoms with van der Waals surface area (Å²) in [6.45, 7) is 6.80. The summed E-state index contributed by atoms with van der Waals surface area (Å²) in [5.41, 5.74) is 1.65. The maximum absolute atomic E-state index is 13.0. The quantitative estimate of drug-likeness (QED) is 0.697. The maximum Gasteiger partial charge on any atom is 0.255 e. The van der Waals surface area contributed by atoms with Crippen molar-refractivity contribution in [2.75, 3.05) is 49.6 Å². The maximum atomic E-state index is 13.0. The van der Waals surface area contributed by atoms with Gasteiger partial charge in [0.2, 0.25) is 10.0 Å². The van der Waals surface area contributed by atoms with Crippen LogP contribution < -0.4 is 10.2 Å². The Morgan fingerprint density at radius 1 is 1.10 bits per heavy atom. The van der Waals surface area contributed by atoms with E-state index in [0.29, 0.717) is 55.7 Å². The summed E-state index contributed by atoms with van der Waals surface area (Å²) in [4.78, 5) is 15.0. The van der Waals surface area contributed by atoms with Crippen molar-refractivity contribution in [3.05, 3.63) is 53.1 Å². The fraction of sp³-hybridized carbons (Fsp3) is 0.381. The number of anilines is 2. The van der Waals surface area contributed by atoms with Gasteiger partial charge in [0.1, 0.15) is 0 Å². The fourth-order valence-corrected chi connectivity index (χ4v) is 4.97. The summed E-state index contributed by atoms with van der Waals surface area (Å²) in [6.07, 6.45) is 0. The molecular weight excluding hydrogens is 426 g/mol. The summed E-state index contributed by atoms with van der Waals surface area (Å²) in [6, 6.07) is 11.4. The Kier molecular flexibility index (Phi) is 7.36. The van der Waals surface area contributed by atoms with Crippen molar-refractivity contribution in [1.29, 1.82) is 0 Å². The van der Waals surface area contributed by atoms with Crippen molar-refractivity contribution in [1.82, 2.24) is 4.31 Å². The van der Waals surface area contributed by atoms with Crippen molar-refractivity contribution in [2.45, 2.75) is 18.7 Å². The molecule has 0 bridgehead atoms. The first-order valence-electron chi connectivity index (χ1n) is 9.90. The topological polar surface area (TPSA) is 79.0 Å². The molecule has 1 amide bonds. The van der Waals surface area contributed by atoms with Crippen LogP contribution in [0.1, 0.15) is 24.2 Å². The molecule has 1 aliphatic heterocycles. The molecule has 1 fully saturated rings. The molecule has 0 saturated carbocycles. The lowest BCUT2D eigenvalue weighted by Crippen LogP contribution is -2.37. The number of halogens is 1. The minimum atomic E-state index is -3.66. The third-order valence-electron chi connectivity index (χ3n) is 5.02. The summed E-state index contributed by atoms with van der Waals surface area (Å²) in [7, 11) is -3.66. The standard InChI is InChI=1S/C21H26ClN3O4S/c1-3-25(4-2)30(27,28)18-9-10-20(24-11-13-29-14-12-24)19(15-18)23-21(26)16-5-7-17(22)8-6-16/h5-10,15H,3-4,11-14H2,1-2H3,(H,23,26). The molecule has 30 heavy (non-hydrogen) atoms. The lowest BCUT2D eigenvalue weighted by atomic mass is 10.2. The van der Waals surface area contributed by atoms with E-state index in [-0.39, 0.29) is 10.8 Å². The highest BCUT2D eigenvalue weighted by molar-refractivity contribution is 7.89. The molecule has 0 spiro atoms. The number of rotatable bonds is 7. The van der Waals surface area contributed by atoms with E-state index in [0.717, 1.165) is 5.69 Å². The molecule has 1 aliphatic rings. The lowest BCUT2D eigenvalue weighted by molar-refractivity contribution is 0.102. The zero-order valence-electron chi connectivity index (χ0n) is 17.1. The van der Waals surface area contributed by atoms with Gasteiger partial charge in [-0.3, -0.25) is 4.79 Å². The van der Waals surface area contributed by atoms with Crippen molar-refractivity contribution in [2.24, 2.45) is 0 Å². The number of amides is 1.